The maximum absolute atomic E-state index is 5.96. The first-order chi connectivity index (χ1) is 14.8. The van der Waals surface area contributed by atoms with Gasteiger partial charge in [-0.3, -0.25) is 4.99 Å². The van der Waals surface area contributed by atoms with Crippen molar-refractivity contribution in [2.24, 2.45) is 10.9 Å². The van der Waals surface area contributed by atoms with Crippen LogP contribution in [-0.2, 0) is 29.2 Å². The molecule has 0 radical (unpaired) electrons. The zero-order chi connectivity index (χ0) is 21.0. The summed E-state index contributed by atoms with van der Waals surface area (Å²) in [6.45, 7) is 7.81. The Bertz CT molecular complexity index is 779. The van der Waals surface area contributed by atoms with Gasteiger partial charge in [0.2, 0.25) is 0 Å². The van der Waals surface area contributed by atoms with Gasteiger partial charge in [-0.15, -0.1) is 0 Å². The highest BCUT2D eigenvalue weighted by Crippen LogP contribution is 2.18. The van der Waals surface area contributed by atoms with Crippen LogP contribution in [0.15, 0.2) is 59.6 Å². The van der Waals surface area contributed by atoms with E-state index in [0.717, 1.165) is 51.6 Å². The molecular weight excluding hydrogens is 374 g/mol. The molecule has 0 aliphatic carbocycles. The number of likely N-dealkylation sites (tertiary alicyclic amines) is 1. The SMILES string of the molecule is CCCOCc1ccccc1CNC(=NC)N1CCC(COCc2ccccc2)C1. The van der Waals surface area contributed by atoms with Gasteiger partial charge in [-0.2, -0.15) is 0 Å². The fraction of sp³-hybridized carbons (Fsp3) is 0.480. The molecule has 2 aromatic rings. The fourth-order valence-corrected chi connectivity index (χ4v) is 3.78. The normalized spacial score (nSPS) is 16.8. The minimum absolute atomic E-state index is 0.544. The Morgan fingerprint density at radius 2 is 1.80 bits per heavy atom. The van der Waals surface area contributed by atoms with Crippen molar-refractivity contribution in [3.05, 3.63) is 71.3 Å². The largest absolute Gasteiger partial charge is 0.377 e. The van der Waals surface area contributed by atoms with Crippen LogP contribution in [0.1, 0.15) is 36.5 Å². The van der Waals surface area contributed by atoms with Crippen molar-refractivity contribution in [3.8, 4) is 0 Å². The molecule has 1 atom stereocenters. The van der Waals surface area contributed by atoms with Crippen LogP contribution in [0.3, 0.4) is 0 Å². The molecule has 5 nitrogen and oxygen atoms in total. The first-order valence-corrected chi connectivity index (χ1v) is 11.0. The average Bonchev–Trinajstić information content (AvgIpc) is 3.25. The number of nitrogens with zero attached hydrogens (tertiary/aromatic N) is 2. The maximum atomic E-state index is 5.96. The molecule has 1 heterocycles. The molecule has 0 bridgehead atoms. The first kappa shape index (κ1) is 22.3. The predicted octanol–water partition coefficient (Wildman–Crippen LogP) is 4.23. The Balaban J connectivity index is 1.44. The van der Waals surface area contributed by atoms with E-state index in [9.17, 15) is 0 Å². The molecule has 1 saturated heterocycles. The topological polar surface area (TPSA) is 46.1 Å². The van der Waals surface area contributed by atoms with Gasteiger partial charge in [0.15, 0.2) is 5.96 Å². The molecule has 1 aliphatic rings. The zero-order valence-corrected chi connectivity index (χ0v) is 18.3. The number of guanidine groups is 1. The Hall–Kier alpha value is -2.37. The smallest absolute Gasteiger partial charge is 0.193 e. The number of aliphatic imine (C=N–C) groups is 1. The molecule has 0 saturated carbocycles. The highest BCUT2D eigenvalue weighted by atomic mass is 16.5. The summed E-state index contributed by atoms with van der Waals surface area (Å²) in [7, 11) is 1.86. The quantitative estimate of drug-likeness (QED) is 0.362. The van der Waals surface area contributed by atoms with Crippen molar-refractivity contribution < 1.29 is 9.47 Å². The van der Waals surface area contributed by atoms with Gasteiger partial charge in [-0.05, 0) is 29.5 Å². The molecule has 0 aromatic heterocycles. The van der Waals surface area contributed by atoms with Gasteiger partial charge < -0.3 is 19.7 Å². The van der Waals surface area contributed by atoms with Crippen LogP contribution in [-0.4, -0.2) is 44.2 Å². The number of ether oxygens (including phenoxy) is 2. The van der Waals surface area contributed by atoms with Gasteiger partial charge in [0, 0.05) is 39.2 Å². The van der Waals surface area contributed by atoms with Gasteiger partial charge in [-0.1, -0.05) is 61.5 Å². The first-order valence-electron chi connectivity index (χ1n) is 11.0. The molecule has 5 heteroatoms. The van der Waals surface area contributed by atoms with Crippen molar-refractivity contribution >= 4 is 5.96 Å². The molecule has 1 aliphatic heterocycles. The lowest BCUT2D eigenvalue weighted by molar-refractivity contribution is 0.0906. The lowest BCUT2D eigenvalue weighted by Crippen LogP contribution is -2.40. The molecule has 0 amide bonds. The summed E-state index contributed by atoms with van der Waals surface area (Å²) in [6, 6.07) is 18.8. The van der Waals surface area contributed by atoms with Gasteiger partial charge in [0.1, 0.15) is 0 Å². The van der Waals surface area contributed by atoms with Crippen molar-refractivity contribution in [1.29, 1.82) is 0 Å². The summed E-state index contributed by atoms with van der Waals surface area (Å²) >= 11 is 0. The molecule has 30 heavy (non-hydrogen) atoms. The Morgan fingerprint density at radius 3 is 2.57 bits per heavy atom. The molecular formula is C25H35N3O2. The highest BCUT2D eigenvalue weighted by molar-refractivity contribution is 5.80. The van der Waals surface area contributed by atoms with Crippen LogP contribution >= 0.6 is 0 Å². The minimum Gasteiger partial charge on any atom is -0.377 e. The van der Waals surface area contributed by atoms with Crippen LogP contribution in [0.2, 0.25) is 0 Å². The van der Waals surface area contributed by atoms with Gasteiger partial charge in [0.25, 0.3) is 0 Å². The van der Waals surface area contributed by atoms with Gasteiger partial charge >= 0.3 is 0 Å². The van der Waals surface area contributed by atoms with E-state index in [0.29, 0.717) is 19.1 Å². The fourth-order valence-electron chi connectivity index (χ4n) is 3.78. The van der Waals surface area contributed by atoms with Crippen molar-refractivity contribution in [1.82, 2.24) is 10.2 Å². The van der Waals surface area contributed by atoms with Crippen molar-refractivity contribution in [2.45, 2.75) is 39.5 Å². The Kier molecular flexibility index (Phi) is 9.19. The Labute approximate surface area is 181 Å². The third-order valence-electron chi connectivity index (χ3n) is 5.42. The zero-order valence-electron chi connectivity index (χ0n) is 18.3. The second-order valence-corrected chi connectivity index (χ2v) is 7.82. The molecule has 2 aromatic carbocycles. The summed E-state index contributed by atoms with van der Waals surface area (Å²) in [5.41, 5.74) is 3.73. The van der Waals surface area contributed by atoms with E-state index >= 15 is 0 Å². The molecule has 1 fully saturated rings. The summed E-state index contributed by atoms with van der Waals surface area (Å²) < 4.78 is 11.7. The average molecular weight is 410 g/mol. The van der Waals surface area contributed by atoms with Crippen LogP contribution in [0, 0.1) is 5.92 Å². The van der Waals surface area contributed by atoms with Crippen LogP contribution < -0.4 is 5.32 Å². The summed E-state index contributed by atoms with van der Waals surface area (Å²) in [4.78, 5) is 6.85. The van der Waals surface area contributed by atoms with Crippen molar-refractivity contribution in [3.63, 3.8) is 0 Å². The van der Waals surface area contributed by atoms with Crippen LogP contribution in [0.5, 0.6) is 0 Å². The minimum atomic E-state index is 0.544. The second-order valence-electron chi connectivity index (χ2n) is 7.82. The highest BCUT2D eigenvalue weighted by Gasteiger charge is 2.25. The molecule has 1 N–H and O–H groups in total. The van der Waals surface area contributed by atoms with Crippen LogP contribution in [0.25, 0.3) is 0 Å². The molecule has 3 rings (SSSR count). The van der Waals surface area contributed by atoms with E-state index in [1.807, 2.05) is 13.1 Å². The summed E-state index contributed by atoms with van der Waals surface area (Å²) in [5, 5.41) is 3.54. The molecule has 0 spiro atoms. The monoisotopic (exact) mass is 409 g/mol. The van der Waals surface area contributed by atoms with Gasteiger partial charge in [0.05, 0.1) is 19.8 Å². The van der Waals surface area contributed by atoms with E-state index in [4.69, 9.17) is 9.47 Å². The second kappa shape index (κ2) is 12.4. The van der Waals surface area contributed by atoms with E-state index in [1.54, 1.807) is 0 Å². The van der Waals surface area contributed by atoms with Crippen LogP contribution in [0.4, 0.5) is 0 Å². The maximum Gasteiger partial charge on any atom is 0.193 e. The number of rotatable bonds is 10. The summed E-state index contributed by atoms with van der Waals surface area (Å²) in [6.07, 6.45) is 2.18. The van der Waals surface area contributed by atoms with E-state index in [1.165, 1.54) is 16.7 Å². The molecule has 1 unspecified atom stereocenters. The number of benzene rings is 2. The number of hydrogen-bond acceptors (Lipinski definition) is 3. The van der Waals surface area contributed by atoms with Gasteiger partial charge in [-0.25, -0.2) is 0 Å². The third kappa shape index (κ3) is 6.85. The number of nitrogens with one attached hydrogen (secondary N) is 1. The Morgan fingerprint density at radius 1 is 1.03 bits per heavy atom. The van der Waals surface area contributed by atoms with Crippen molar-refractivity contribution in [2.75, 3.05) is 33.4 Å². The predicted molar refractivity (Wildman–Crippen MR) is 122 cm³/mol. The standard InChI is InChI=1S/C25H35N3O2/c1-3-15-29-20-24-12-8-7-11-23(24)16-27-25(26-2)28-14-13-22(17-28)19-30-18-21-9-5-4-6-10-21/h4-12,22H,3,13-20H2,1-2H3,(H,26,27). The lowest BCUT2D eigenvalue weighted by atomic mass is 10.1. The third-order valence-corrected chi connectivity index (χ3v) is 5.42. The number of hydrogen-bond donors (Lipinski definition) is 1. The van der Waals surface area contributed by atoms with E-state index in [-0.39, 0.29) is 0 Å². The summed E-state index contributed by atoms with van der Waals surface area (Å²) in [5.74, 6) is 1.51. The lowest BCUT2D eigenvalue weighted by Gasteiger charge is -2.22. The van der Waals surface area contributed by atoms with E-state index < -0.39 is 0 Å². The molecule has 162 valence electrons. The van der Waals surface area contributed by atoms with E-state index in [2.05, 4.69) is 70.7 Å².